The van der Waals surface area contributed by atoms with Crippen molar-refractivity contribution < 1.29 is 4.79 Å². The molecule has 98 valence electrons. The Balaban J connectivity index is 1.93. The molecule has 1 atom stereocenters. The van der Waals surface area contributed by atoms with Crippen molar-refractivity contribution in [3.05, 3.63) is 54.0 Å². The van der Waals surface area contributed by atoms with Crippen molar-refractivity contribution in [1.82, 2.24) is 15.3 Å². The molecule has 2 aromatic rings. The number of nitrogens with one attached hydrogen (secondary N) is 1. The molecular formula is C14H16N4O. The molecule has 5 nitrogen and oxygen atoms in total. The van der Waals surface area contributed by atoms with Crippen molar-refractivity contribution in [2.24, 2.45) is 0 Å². The minimum absolute atomic E-state index is 0.0225. The second kappa shape index (κ2) is 5.95. The maximum absolute atomic E-state index is 11.9. The van der Waals surface area contributed by atoms with E-state index < -0.39 is 0 Å². The highest BCUT2D eigenvalue weighted by Gasteiger charge is 2.10. The third kappa shape index (κ3) is 3.77. The van der Waals surface area contributed by atoms with Crippen molar-refractivity contribution in [3.63, 3.8) is 0 Å². The number of hydrogen-bond donors (Lipinski definition) is 2. The number of carbonyl (C=O) groups excluding carboxylic acids is 1. The van der Waals surface area contributed by atoms with E-state index in [0.29, 0.717) is 11.4 Å². The highest BCUT2D eigenvalue weighted by molar-refractivity contribution is 5.94. The summed E-state index contributed by atoms with van der Waals surface area (Å²) >= 11 is 0. The minimum atomic E-state index is -0.149. The van der Waals surface area contributed by atoms with Crippen LogP contribution >= 0.6 is 0 Å². The van der Waals surface area contributed by atoms with Crippen LogP contribution in [0.1, 0.15) is 22.8 Å². The van der Waals surface area contributed by atoms with Gasteiger partial charge in [-0.2, -0.15) is 0 Å². The van der Waals surface area contributed by atoms with Crippen molar-refractivity contribution in [2.45, 2.75) is 19.4 Å². The topological polar surface area (TPSA) is 80.9 Å². The number of nitrogens with two attached hydrogens (primary N) is 1. The molecule has 2 heterocycles. The zero-order chi connectivity index (χ0) is 13.7. The number of carbonyl (C=O) groups is 1. The van der Waals surface area contributed by atoms with Gasteiger partial charge in [-0.1, -0.05) is 6.07 Å². The van der Waals surface area contributed by atoms with Gasteiger partial charge >= 0.3 is 0 Å². The molecule has 0 saturated heterocycles. The predicted octanol–water partition coefficient (Wildman–Crippen LogP) is 1.42. The summed E-state index contributed by atoms with van der Waals surface area (Å²) < 4.78 is 0. The van der Waals surface area contributed by atoms with E-state index in [-0.39, 0.29) is 11.9 Å². The Morgan fingerprint density at radius 2 is 2.21 bits per heavy atom. The smallest absolute Gasteiger partial charge is 0.253 e. The first-order valence-corrected chi connectivity index (χ1v) is 6.06. The lowest BCUT2D eigenvalue weighted by Crippen LogP contribution is -2.34. The van der Waals surface area contributed by atoms with Gasteiger partial charge in [-0.3, -0.25) is 9.78 Å². The molecule has 2 aromatic heterocycles. The largest absolute Gasteiger partial charge is 0.384 e. The van der Waals surface area contributed by atoms with Crippen LogP contribution < -0.4 is 11.1 Å². The normalized spacial score (nSPS) is 11.8. The third-order valence-corrected chi connectivity index (χ3v) is 2.69. The van der Waals surface area contributed by atoms with Gasteiger partial charge in [0.2, 0.25) is 0 Å². The lowest BCUT2D eigenvalue weighted by Gasteiger charge is -2.13. The molecule has 0 unspecified atom stereocenters. The minimum Gasteiger partial charge on any atom is -0.384 e. The fraction of sp³-hybridized carbons (Fsp3) is 0.214. The number of hydrogen-bond acceptors (Lipinski definition) is 4. The van der Waals surface area contributed by atoms with Crippen LogP contribution in [0.5, 0.6) is 0 Å². The van der Waals surface area contributed by atoms with Gasteiger partial charge < -0.3 is 11.1 Å². The summed E-state index contributed by atoms with van der Waals surface area (Å²) in [7, 11) is 0. The summed E-state index contributed by atoms with van der Waals surface area (Å²) in [6.45, 7) is 1.95. The van der Waals surface area contributed by atoms with Crippen LogP contribution in [-0.4, -0.2) is 21.9 Å². The van der Waals surface area contributed by atoms with E-state index >= 15 is 0 Å². The molecule has 0 radical (unpaired) electrons. The lowest BCUT2D eigenvalue weighted by atomic mass is 10.1. The lowest BCUT2D eigenvalue weighted by molar-refractivity contribution is 0.0940. The van der Waals surface area contributed by atoms with Crippen molar-refractivity contribution in [3.8, 4) is 0 Å². The summed E-state index contributed by atoms with van der Waals surface area (Å²) in [5.74, 6) is 0.254. The first-order valence-electron chi connectivity index (χ1n) is 6.06. The standard InChI is InChI=1S/C14H16N4O/c1-10(7-11-3-2-6-16-8-11)18-14(19)12-4-5-13(15)17-9-12/h2-6,8-10H,7H2,1H3,(H2,15,17)(H,18,19)/t10-/m0/s1. The number of aromatic nitrogens is 2. The Bertz CT molecular complexity index is 539. The Morgan fingerprint density at radius 1 is 1.37 bits per heavy atom. The number of nitrogen functional groups attached to an aromatic ring is 1. The summed E-state index contributed by atoms with van der Waals surface area (Å²) in [6.07, 6.45) is 5.74. The first-order chi connectivity index (χ1) is 9.15. The van der Waals surface area contributed by atoms with Gasteiger partial charge in [0, 0.05) is 24.6 Å². The fourth-order valence-electron chi connectivity index (χ4n) is 1.77. The highest BCUT2D eigenvalue weighted by Crippen LogP contribution is 2.04. The zero-order valence-electron chi connectivity index (χ0n) is 10.7. The molecular weight excluding hydrogens is 240 g/mol. The van der Waals surface area contributed by atoms with Gasteiger partial charge in [0.1, 0.15) is 5.82 Å². The van der Waals surface area contributed by atoms with E-state index in [1.807, 2.05) is 19.1 Å². The average Bonchev–Trinajstić information content (AvgIpc) is 2.40. The maximum Gasteiger partial charge on any atom is 0.253 e. The van der Waals surface area contributed by atoms with Crippen LogP contribution in [0.25, 0.3) is 0 Å². The molecule has 3 N–H and O–H groups in total. The molecule has 0 aliphatic carbocycles. The summed E-state index contributed by atoms with van der Waals surface area (Å²) in [5, 5.41) is 2.92. The summed E-state index contributed by atoms with van der Waals surface area (Å²) in [6, 6.07) is 7.16. The number of anilines is 1. The van der Waals surface area contributed by atoms with E-state index in [0.717, 1.165) is 12.0 Å². The van der Waals surface area contributed by atoms with Gasteiger partial charge in [0.25, 0.3) is 5.91 Å². The quantitative estimate of drug-likeness (QED) is 0.867. The molecule has 0 spiro atoms. The molecule has 0 saturated carbocycles. The zero-order valence-corrected chi connectivity index (χ0v) is 10.7. The molecule has 1 amide bonds. The molecule has 19 heavy (non-hydrogen) atoms. The Hall–Kier alpha value is -2.43. The molecule has 2 rings (SSSR count). The predicted molar refractivity (Wildman–Crippen MR) is 73.5 cm³/mol. The van der Waals surface area contributed by atoms with Crippen LogP contribution in [0, 0.1) is 0 Å². The number of amides is 1. The number of pyridine rings is 2. The fourth-order valence-corrected chi connectivity index (χ4v) is 1.77. The van der Waals surface area contributed by atoms with Crippen LogP contribution in [-0.2, 0) is 6.42 Å². The molecule has 5 heteroatoms. The van der Waals surface area contributed by atoms with Gasteiger partial charge in [0.05, 0.1) is 5.56 Å². The van der Waals surface area contributed by atoms with E-state index in [2.05, 4.69) is 15.3 Å². The molecule has 0 fully saturated rings. The second-order valence-corrected chi connectivity index (χ2v) is 4.41. The highest BCUT2D eigenvalue weighted by atomic mass is 16.1. The van der Waals surface area contributed by atoms with Crippen molar-refractivity contribution in [2.75, 3.05) is 5.73 Å². The van der Waals surface area contributed by atoms with E-state index in [9.17, 15) is 4.79 Å². The van der Waals surface area contributed by atoms with E-state index in [4.69, 9.17) is 5.73 Å². The maximum atomic E-state index is 11.9. The van der Waals surface area contributed by atoms with Gasteiger partial charge in [-0.05, 0) is 37.1 Å². The van der Waals surface area contributed by atoms with E-state index in [1.165, 1.54) is 6.20 Å². The van der Waals surface area contributed by atoms with Gasteiger partial charge in [0.15, 0.2) is 0 Å². The van der Waals surface area contributed by atoms with Crippen LogP contribution in [0.2, 0.25) is 0 Å². The third-order valence-electron chi connectivity index (χ3n) is 2.69. The molecule has 0 aliphatic heterocycles. The van der Waals surface area contributed by atoms with Crippen LogP contribution in [0.3, 0.4) is 0 Å². The number of nitrogens with zero attached hydrogens (tertiary/aromatic N) is 2. The second-order valence-electron chi connectivity index (χ2n) is 4.41. The van der Waals surface area contributed by atoms with E-state index in [1.54, 1.807) is 24.5 Å². The van der Waals surface area contributed by atoms with Crippen LogP contribution in [0.15, 0.2) is 42.9 Å². The molecule has 0 aromatic carbocycles. The first kappa shape index (κ1) is 13.0. The monoisotopic (exact) mass is 256 g/mol. The Morgan fingerprint density at radius 3 is 2.84 bits per heavy atom. The van der Waals surface area contributed by atoms with Gasteiger partial charge in [-0.25, -0.2) is 4.98 Å². The van der Waals surface area contributed by atoms with Crippen molar-refractivity contribution in [1.29, 1.82) is 0 Å². The van der Waals surface area contributed by atoms with Gasteiger partial charge in [-0.15, -0.1) is 0 Å². The number of rotatable bonds is 4. The Labute approximate surface area is 111 Å². The van der Waals surface area contributed by atoms with Crippen molar-refractivity contribution >= 4 is 11.7 Å². The molecule has 0 bridgehead atoms. The summed E-state index contributed by atoms with van der Waals surface area (Å²) in [5.41, 5.74) is 7.08. The average molecular weight is 256 g/mol. The summed E-state index contributed by atoms with van der Waals surface area (Å²) in [4.78, 5) is 19.9. The van der Waals surface area contributed by atoms with Crippen LogP contribution in [0.4, 0.5) is 5.82 Å². The SMILES string of the molecule is C[C@@H](Cc1cccnc1)NC(=O)c1ccc(N)nc1. The molecule has 0 aliphatic rings. The Kier molecular flexibility index (Phi) is 4.07.